The van der Waals surface area contributed by atoms with E-state index in [1.807, 2.05) is 0 Å². The molecule has 0 saturated heterocycles. The number of nitrogens with zero attached hydrogens (tertiary/aromatic N) is 1. The predicted octanol–water partition coefficient (Wildman–Crippen LogP) is 1.88. The van der Waals surface area contributed by atoms with E-state index in [1.165, 1.54) is 5.38 Å². The van der Waals surface area contributed by atoms with Gasteiger partial charge >= 0.3 is 5.97 Å². The van der Waals surface area contributed by atoms with Crippen molar-refractivity contribution in [2.24, 2.45) is 5.92 Å². The van der Waals surface area contributed by atoms with Crippen LogP contribution >= 0.6 is 11.3 Å². The predicted molar refractivity (Wildman–Crippen MR) is 94.2 cm³/mol. The summed E-state index contributed by atoms with van der Waals surface area (Å²) in [7, 11) is 0. The fraction of sp³-hybridized carbons (Fsp3) is 0.294. The first kappa shape index (κ1) is 17.9. The van der Waals surface area contributed by atoms with Gasteiger partial charge in [-0.3, -0.25) is 9.59 Å². The molecule has 136 valence electrons. The number of anilines is 1. The maximum atomic E-state index is 11.8. The number of carbonyl (C=O) groups is 3. The van der Waals surface area contributed by atoms with Gasteiger partial charge in [-0.05, 0) is 25.0 Å². The van der Waals surface area contributed by atoms with Gasteiger partial charge in [0.1, 0.15) is 10.8 Å². The Morgan fingerprint density at radius 1 is 1.31 bits per heavy atom. The summed E-state index contributed by atoms with van der Waals surface area (Å²) in [6.07, 6.45) is 1.85. The number of carboxylic acid groups (broad SMARTS) is 1. The molecule has 26 heavy (non-hydrogen) atoms. The SMILES string of the molecule is O=C(COc1cccc(NC(=O)C2CC2)c1)NCc1nc(C(=O)O)cs1. The number of hydrogen-bond acceptors (Lipinski definition) is 6. The van der Waals surface area contributed by atoms with E-state index in [-0.39, 0.29) is 36.6 Å². The second-order valence-corrected chi connectivity index (χ2v) is 6.73. The first-order chi connectivity index (χ1) is 12.5. The summed E-state index contributed by atoms with van der Waals surface area (Å²) in [6, 6.07) is 6.85. The van der Waals surface area contributed by atoms with Crippen LogP contribution in [0.15, 0.2) is 29.6 Å². The van der Waals surface area contributed by atoms with Crippen LogP contribution < -0.4 is 15.4 Å². The zero-order valence-electron chi connectivity index (χ0n) is 13.7. The van der Waals surface area contributed by atoms with E-state index in [2.05, 4.69) is 15.6 Å². The fourth-order valence-corrected chi connectivity index (χ4v) is 2.83. The molecule has 1 saturated carbocycles. The van der Waals surface area contributed by atoms with Crippen molar-refractivity contribution >= 4 is 34.8 Å². The summed E-state index contributed by atoms with van der Waals surface area (Å²) in [5, 5.41) is 16.2. The monoisotopic (exact) mass is 375 g/mol. The standard InChI is InChI=1S/C17H17N3O5S/c21-14(18-7-15-20-13(9-26-15)17(23)24)8-25-12-3-1-2-11(6-12)19-16(22)10-4-5-10/h1-3,6,9-10H,4-5,7-8H2,(H,18,21)(H,19,22)(H,23,24). The summed E-state index contributed by atoms with van der Waals surface area (Å²) in [5.41, 5.74) is 0.587. The molecule has 9 heteroatoms. The maximum Gasteiger partial charge on any atom is 0.355 e. The van der Waals surface area contributed by atoms with E-state index in [1.54, 1.807) is 24.3 Å². The highest BCUT2D eigenvalue weighted by molar-refractivity contribution is 7.09. The van der Waals surface area contributed by atoms with Gasteiger partial charge in [-0.15, -0.1) is 11.3 Å². The minimum atomic E-state index is -1.10. The van der Waals surface area contributed by atoms with Crippen LogP contribution in [0, 0.1) is 5.92 Å². The van der Waals surface area contributed by atoms with Crippen molar-refractivity contribution in [3.63, 3.8) is 0 Å². The van der Waals surface area contributed by atoms with Gasteiger partial charge in [0.25, 0.3) is 5.91 Å². The molecule has 3 rings (SSSR count). The molecule has 1 heterocycles. The number of thiazole rings is 1. The van der Waals surface area contributed by atoms with Gasteiger partial charge in [0.2, 0.25) is 5.91 Å². The molecule has 3 N–H and O–H groups in total. The highest BCUT2D eigenvalue weighted by Crippen LogP contribution is 2.30. The number of carbonyl (C=O) groups excluding carboxylic acids is 2. The third-order valence-electron chi connectivity index (χ3n) is 3.63. The number of aromatic carboxylic acids is 1. The van der Waals surface area contributed by atoms with Gasteiger partial charge in [-0.2, -0.15) is 0 Å². The highest BCUT2D eigenvalue weighted by atomic mass is 32.1. The Bertz CT molecular complexity index is 831. The van der Waals surface area contributed by atoms with Crippen molar-refractivity contribution in [2.45, 2.75) is 19.4 Å². The molecule has 2 aromatic rings. The summed E-state index contributed by atoms with van der Waals surface area (Å²) in [4.78, 5) is 38.2. The van der Waals surface area contributed by atoms with E-state index in [9.17, 15) is 14.4 Å². The number of benzene rings is 1. The Morgan fingerprint density at radius 3 is 2.81 bits per heavy atom. The lowest BCUT2D eigenvalue weighted by Gasteiger charge is -2.09. The molecule has 2 amide bonds. The van der Waals surface area contributed by atoms with Crippen molar-refractivity contribution < 1.29 is 24.2 Å². The molecule has 0 aliphatic heterocycles. The van der Waals surface area contributed by atoms with Gasteiger partial charge in [0, 0.05) is 23.1 Å². The fourth-order valence-electron chi connectivity index (χ4n) is 2.12. The normalized spacial score (nSPS) is 13.1. The van der Waals surface area contributed by atoms with Crippen LogP contribution in [0.25, 0.3) is 0 Å². The van der Waals surface area contributed by atoms with Gasteiger partial charge in [0.05, 0.1) is 6.54 Å². The van der Waals surface area contributed by atoms with E-state index < -0.39 is 5.97 Å². The van der Waals surface area contributed by atoms with Crippen LogP contribution in [0.3, 0.4) is 0 Å². The average Bonchev–Trinajstić information content (AvgIpc) is 3.36. The molecule has 1 aromatic carbocycles. The smallest absolute Gasteiger partial charge is 0.355 e. The molecule has 0 atom stereocenters. The third kappa shape index (κ3) is 5.03. The number of amides is 2. The Hall–Kier alpha value is -2.94. The van der Waals surface area contributed by atoms with Crippen LogP contribution in [0.5, 0.6) is 5.75 Å². The highest BCUT2D eigenvalue weighted by Gasteiger charge is 2.29. The van der Waals surface area contributed by atoms with Crippen LogP contribution in [0.1, 0.15) is 28.3 Å². The average molecular weight is 375 g/mol. The van der Waals surface area contributed by atoms with Crippen LogP contribution in [-0.2, 0) is 16.1 Å². The molecule has 8 nitrogen and oxygen atoms in total. The largest absolute Gasteiger partial charge is 0.484 e. The minimum absolute atomic E-state index is 0.00377. The van der Waals surface area contributed by atoms with Crippen LogP contribution in [0.4, 0.5) is 5.69 Å². The van der Waals surface area contributed by atoms with E-state index in [0.717, 1.165) is 24.2 Å². The lowest BCUT2D eigenvalue weighted by atomic mass is 10.3. The summed E-state index contributed by atoms with van der Waals surface area (Å²) in [5.74, 6) is -0.876. The number of nitrogens with one attached hydrogen (secondary N) is 2. The van der Waals surface area contributed by atoms with Crippen molar-refractivity contribution in [3.05, 3.63) is 40.3 Å². The maximum absolute atomic E-state index is 11.8. The molecule has 0 bridgehead atoms. The molecular formula is C17H17N3O5S. The number of aromatic nitrogens is 1. The van der Waals surface area contributed by atoms with Crippen molar-refractivity contribution in [3.8, 4) is 5.75 Å². The molecule has 0 unspecified atom stereocenters. The summed E-state index contributed by atoms with van der Waals surface area (Å²) >= 11 is 1.16. The Balaban J connectivity index is 1.44. The van der Waals surface area contributed by atoms with Gasteiger partial charge in [-0.1, -0.05) is 6.07 Å². The topological polar surface area (TPSA) is 118 Å². The molecule has 0 radical (unpaired) electrons. The zero-order chi connectivity index (χ0) is 18.5. The first-order valence-electron chi connectivity index (χ1n) is 7.99. The molecule has 1 aliphatic rings. The molecular weight excluding hydrogens is 358 g/mol. The lowest BCUT2D eigenvalue weighted by Crippen LogP contribution is -2.28. The van der Waals surface area contributed by atoms with Crippen molar-refractivity contribution in [2.75, 3.05) is 11.9 Å². The molecule has 1 aliphatic carbocycles. The van der Waals surface area contributed by atoms with Crippen LogP contribution in [0.2, 0.25) is 0 Å². The molecule has 1 aromatic heterocycles. The zero-order valence-corrected chi connectivity index (χ0v) is 14.5. The third-order valence-corrected chi connectivity index (χ3v) is 4.48. The Kier molecular flexibility index (Phi) is 5.47. The van der Waals surface area contributed by atoms with Gasteiger partial charge < -0.3 is 20.5 Å². The summed E-state index contributed by atoms with van der Waals surface area (Å²) < 4.78 is 5.42. The lowest BCUT2D eigenvalue weighted by molar-refractivity contribution is -0.123. The molecule has 0 spiro atoms. The minimum Gasteiger partial charge on any atom is -0.484 e. The quantitative estimate of drug-likeness (QED) is 0.648. The van der Waals surface area contributed by atoms with Crippen molar-refractivity contribution in [1.82, 2.24) is 10.3 Å². The van der Waals surface area contributed by atoms with Crippen molar-refractivity contribution in [1.29, 1.82) is 0 Å². The number of carboxylic acids is 1. The second-order valence-electron chi connectivity index (χ2n) is 5.79. The first-order valence-corrected chi connectivity index (χ1v) is 8.87. The number of ether oxygens (including phenoxy) is 1. The number of rotatable bonds is 8. The van der Waals surface area contributed by atoms with Gasteiger partial charge in [0.15, 0.2) is 12.3 Å². The molecule has 1 fully saturated rings. The summed E-state index contributed by atoms with van der Waals surface area (Å²) in [6.45, 7) is -0.0607. The van der Waals surface area contributed by atoms with Gasteiger partial charge in [-0.25, -0.2) is 9.78 Å². The Morgan fingerprint density at radius 2 is 2.12 bits per heavy atom. The van der Waals surface area contributed by atoms with E-state index >= 15 is 0 Å². The second kappa shape index (κ2) is 7.96. The Labute approximate surface area is 153 Å². The van der Waals surface area contributed by atoms with E-state index in [0.29, 0.717) is 16.4 Å². The number of hydrogen-bond donors (Lipinski definition) is 3. The van der Waals surface area contributed by atoms with Crippen LogP contribution in [-0.4, -0.2) is 34.5 Å². The van der Waals surface area contributed by atoms with E-state index in [4.69, 9.17) is 9.84 Å².